The molecule has 0 aliphatic carbocycles. The zero-order valence-electron chi connectivity index (χ0n) is 13.8. The van der Waals surface area contributed by atoms with Crippen molar-refractivity contribution in [1.82, 2.24) is 4.90 Å². The first kappa shape index (κ1) is 16.9. The van der Waals surface area contributed by atoms with Crippen molar-refractivity contribution < 1.29 is 22.7 Å². The van der Waals surface area contributed by atoms with Gasteiger partial charge in [-0.2, -0.15) is 0 Å². The van der Waals surface area contributed by atoms with Crippen molar-refractivity contribution in [1.29, 1.82) is 0 Å². The van der Waals surface area contributed by atoms with Crippen LogP contribution in [0, 0.1) is 0 Å². The summed E-state index contributed by atoms with van der Waals surface area (Å²) in [5.41, 5.74) is 2.22. The lowest BCUT2D eigenvalue weighted by molar-refractivity contribution is -0.274. The van der Waals surface area contributed by atoms with Crippen molar-refractivity contribution in [2.75, 3.05) is 11.9 Å². The molecule has 0 bridgehead atoms. The minimum atomic E-state index is -4.70. The average molecular weight is 362 g/mol. The van der Waals surface area contributed by atoms with E-state index in [0.29, 0.717) is 13.0 Å². The number of alkyl halides is 3. The maximum atomic E-state index is 12.7. The molecular formula is C19H17F3N2O2. The van der Waals surface area contributed by atoms with E-state index in [1.807, 2.05) is 24.3 Å². The summed E-state index contributed by atoms with van der Waals surface area (Å²) in [4.78, 5) is 14.8. The summed E-state index contributed by atoms with van der Waals surface area (Å²) < 4.78 is 40.6. The highest BCUT2D eigenvalue weighted by Crippen LogP contribution is 2.41. The molecule has 1 unspecified atom stereocenters. The molecule has 1 amide bonds. The highest BCUT2D eigenvalue weighted by atomic mass is 19.4. The number of nitrogens with zero attached hydrogens (tertiary/aromatic N) is 1. The number of carbonyl (C=O) groups is 1. The Balaban J connectivity index is 1.49. The molecule has 26 heavy (non-hydrogen) atoms. The van der Waals surface area contributed by atoms with E-state index in [1.54, 1.807) is 12.1 Å². The topological polar surface area (TPSA) is 41.6 Å². The molecule has 4 rings (SSSR count). The second kappa shape index (κ2) is 6.02. The minimum absolute atomic E-state index is 0.0144. The van der Waals surface area contributed by atoms with Gasteiger partial charge in [0.05, 0.1) is 0 Å². The van der Waals surface area contributed by atoms with E-state index < -0.39 is 11.9 Å². The van der Waals surface area contributed by atoms with Gasteiger partial charge < -0.3 is 10.1 Å². The van der Waals surface area contributed by atoms with Crippen molar-refractivity contribution in [3.8, 4) is 5.75 Å². The van der Waals surface area contributed by atoms with Crippen molar-refractivity contribution in [2.45, 2.75) is 31.3 Å². The van der Waals surface area contributed by atoms with Gasteiger partial charge in [-0.25, -0.2) is 0 Å². The molecule has 2 heterocycles. The van der Waals surface area contributed by atoms with Gasteiger partial charge in [0.15, 0.2) is 0 Å². The van der Waals surface area contributed by atoms with Crippen LogP contribution in [0.3, 0.4) is 0 Å². The number of ether oxygens (including phenoxy) is 1. The number of hydrogen-bond acceptors (Lipinski definition) is 3. The van der Waals surface area contributed by atoms with E-state index in [2.05, 4.69) is 15.0 Å². The van der Waals surface area contributed by atoms with Gasteiger partial charge >= 0.3 is 6.36 Å². The lowest BCUT2D eigenvalue weighted by Gasteiger charge is -2.53. The molecule has 1 fully saturated rings. The first-order valence-corrected chi connectivity index (χ1v) is 8.35. The molecule has 4 nitrogen and oxygen atoms in total. The molecule has 1 atom stereocenters. The minimum Gasteiger partial charge on any atom is -0.406 e. The summed E-state index contributed by atoms with van der Waals surface area (Å²) in [5.74, 6) is -0.261. The van der Waals surface area contributed by atoms with Crippen molar-refractivity contribution >= 4 is 11.6 Å². The Kier molecular flexibility index (Phi) is 3.91. The van der Waals surface area contributed by atoms with Crippen LogP contribution in [0.5, 0.6) is 5.75 Å². The van der Waals surface area contributed by atoms with Crippen LogP contribution in [-0.4, -0.2) is 29.3 Å². The molecular weight excluding hydrogens is 345 g/mol. The van der Waals surface area contributed by atoms with Crippen LogP contribution >= 0.6 is 0 Å². The van der Waals surface area contributed by atoms with Crippen LogP contribution < -0.4 is 10.1 Å². The maximum Gasteiger partial charge on any atom is 0.573 e. The molecule has 0 saturated carbocycles. The predicted molar refractivity (Wildman–Crippen MR) is 89.7 cm³/mol. The van der Waals surface area contributed by atoms with E-state index >= 15 is 0 Å². The van der Waals surface area contributed by atoms with Crippen LogP contribution in [0.1, 0.15) is 17.5 Å². The number of carbonyl (C=O) groups excluding carboxylic acids is 1. The summed E-state index contributed by atoms with van der Waals surface area (Å²) in [6.45, 7) is 1.28. The molecule has 2 aliphatic heterocycles. The lowest BCUT2D eigenvalue weighted by Crippen LogP contribution is -2.68. The molecule has 1 spiro atoms. The molecule has 7 heteroatoms. The number of rotatable bonds is 3. The Hall–Kier alpha value is -2.54. The molecule has 1 saturated heterocycles. The monoisotopic (exact) mass is 362 g/mol. The molecule has 0 radical (unpaired) electrons. The molecule has 2 aromatic rings. The third-order valence-electron chi connectivity index (χ3n) is 5.10. The highest BCUT2D eigenvalue weighted by Gasteiger charge is 2.52. The van der Waals surface area contributed by atoms with Crippen molar-refractivity contribution in [3.63, 3.8) is 0 Å². The second-order valence-electron chi connectivity index (χ2n) is 6.68. The largest absolute Gasteiger partial charge is 0.573 e. The van der Waals surface area contributed by atoms with E-state index in [9.17, 15) is 18.0 Å². The summed E-state index contributed by atoms with van der Waals surface area (Å²) in [7, 11) is 0. The van der Waals surface area contributed by atoms with Crippen LogP contribution in [0.4, 0.5) is 18.9 Å². The molecule has 1 N–H and O–H groups in total. The highest BCUT2D eigenvalue weighted by molar-refractivity contribution is 6.01. The van der Waals surface area contributed by atoms with Crippen LogP contribution in [0.25, 0.3) is 0 Å². The van der Waals surface area contributed by atoms with Gasteiger partial charge in [0.2, 0.25) is 5.91 Å². The Bertz CT molecular complexity index is 835. The number of anilines is 1. The fourth-order valence-electron chi connectivity index (χ4n) is 3.67. The summed E-state index contributed by atoms with van der Waals surface area (Å²) in [6, 6.07) is 13.5. The second-order valence-corrected chi connectivity index (χ2v) is 6.68. The molecule has 136 valence electrons. The van der Waals surface area contributed by atoms with Gasteiger partial charge in [-0.1, -0.05) is 30.3 Å². The Morgan fingerprint density at radius 1 is 1.12 bits per heavy atom. The first-order chi connectivity index (χ1) is 12.4. The molecule has 0 aromatic heterocycles. The normalized spacial score (nSPS) is 22.5. The van der Waals surface area contributed by atoms with Gasteiger partial charge in [0.1, 0.15) is 11.3 Å². The Morgan fingerprint density at radius 2 is 1.85 bits per heavy atom. The zero-order chi connectivity index (χ0) is 18.4. The Labute approximate surface area is 148 Å². The number of nitrogens with one attached hydrogen (secondary N) is 1. The van der Waals surface area contributed by atoms with Crippen LogP contribution in [-0.2, 0) is 17.8 Å². The average Bonchev–Trinajstić information content (AvgIpc) is 2.58. The number of halogens is 3. The van der Waals surface area contributed by atoms with Crippen molar-refractivity contribution in [3.05, 3.63) is 59.7 Å². The fourth-order valence-corrected chi connectivity index (χ4v) is 3.67. The number of benzene rings is 2. The Morgan fingerprint density at radius 3 is 2.50 bits per heavy atom. The van der Waals surface area contributed by atoms with Gasteiger partial charge in [-0.3, -0.25) is 9.69 Å². The molecule has 2 aliphatic rings. The number of para-hydroxylation sites is 1. The van der Waals surface area contributed by atoms with Gasteiger partial charge in [0, 0.05) is 25.2 Å². The maximum absolute atomic E-state index is 12.7. The predicted octanol–water partition coefficient (Wildman–Crippen LogP) is 3.72. The lowest BCUT2D eigenvalue weighted by atomic mass is 9.75. The van der Waals surface area contributed by atoms with E-state index in [1.165, 1.54) is 12.1 Å². The molecule has 2 aromatic carbocycles. The summed E-state index contributed by atoms with van der Waals surface area (Å²) >= 11 is 0. The standard InChI is InChI=1S/C19H17F3N2O2/c20-19(21,22)26-15-7-5-13(6-8-15)12-24-10-9-18(24)11-14-3-1-2-4-16(14)23-17(18)25/h1-8H,9-12H2,(H,23,25). The van der Waals surface area contributed by atoms with Gasteiger partial charge in [-0.15, -0.1) is 13.2 Å². The fraction of sp³-hybridized carbons (Fsp3) is 0.316. The van der Waals surface area contributed by atoms with E-state index in [0.717, 1.165) is 29.8 Å². The van der Waals surface area contributed by atoms with Gasteiger partial charge in [0.25, 0.3) is 0 Å². The number of fused-ring (bicyclic) bond motifs is 1. The zero-order valence-corrected chi connectivity index (χ0v) is 13.8. The SMILES string of the molecule is O=C1Nc2ccccc2CC12CCN2Cc1ccc(OC(F)(F)F)cc1. The smallest absolute Gasteiger partial charge is 0.406 e. The van der Waals surface area contributed by atoms with Crippen LogP contribution in [0.15, 0.2) is 48.5 Å². The van der Waals surface area contributed by atoms with Crippen molar-refractivity contribution in [2.24, 2.45) is 0 Å². The van der Waals surface area contributed by atoms with Crippen LogP contribution in [0.2, 0.25) is 0 Å². The van der Waals surface area contributed by atoms with Gasteiger partial charge in [-0.05, 0) is 35.7 Å². The van der Waals surface area contributed by atoms with E-state index in [-0.39, 0.29) is 11.7 Å². The first-order valence-electron chi connectivity index (χ1n) is 8.35. The number of likely N-dealkylation sites (tertiary alicyclic amines) is 1. The van der Waals surface area contributed by atoms with E-state index in [4.69, 9.17) is 0 Å². The summed E-state index contributed by atoms with van der Waals surface area (Å²) in [5, 5.41) is 2.98. The number of hydrogen-bond donors (Lipinski definition) is 1. The quantitative estimate of drug-likeness (QED) is 0.905. The third kappa shape index (κ3) is 3.03. The number of amides is 1. The third-order valence-corrected chi connectivity index (χ3v) is 5.10. The summed E-state index contributed by atoms with van der Waals surface area (Å²) in [6.07, 6.45) is -3.29.